The van der Waals surface area contributed by atoms with Crippen LogP contribution in [0.2, 0.25) is 0 Å². The summed E-state index contributed by atoms with van der Waals surface area (Å²) >= 11 is 0. The predicted octanol–water partition coefficient (Wildman–Crippen LogP) is 3.33. The van der Waals surface area contributed by atoms with Crippen molar-refractivity contribution in [1.82, 2.24) is 15.0 Å². The standard InChI is InChI=1S/C18H21N5O/c1-2-15-18(19-7-1)16(11-20-15)22-12-23-17-4-3-14(10-21-17)13-5-8-24-9-6-13/h1-4,7,10-11,13,20,22H,5-6,8-9,12H2,(H,21,23). The van der Waals surface area contributed by atoms with Crippen LogP contribution in [0.15, 0.2) is 42.9 Å². The van der Waals surface area contributed by atoms with E-state index < -0.39 is 0 Å². The zero-order valence-corrected chi connectivity index (χ0v) is 13.5. The van der Waals surface area contributed by atoms with Gasteiger partial charge in [0.05, 0.1) is 17.9 Å². The number of anilines is 2. The van der Waals surface area contributed by atoms with E-state index in [-0.39, 0.29) is 0 Å². The zero-order chi connectivity index (χ0) is 16.2. The Kier molecular flexibility index (Phi) is 4.29. The molecule has 124 valence electrons. The van der Waals surface area contributed by atoms with Crippen LogP contribution in [0.3, 0.4) is 0 Å². The van der Waals surface area contributed by atoms with E-state index >= 15 is 0 Å². The number of aromatic nitrogens is 3. The van der Waals surface area contributed by atoms with Gasteiger partial charge in [-0.15, -0.1) is 0 Å². The van der Waals surface area contributed by atoms with Crippen LogP contribution in [-0.4, -0.2) is 34.8 Å². The molecular formula is C18H21N5O. The smallest absolute Gasteiger partial charge is 0.127 e. The summed E-state index contributed by atoms with van der Waals surface area (Å²) in [7, 11) is 0. The number of aromatic amines is 1. The van der Waals surface area contributed by atoms with Crippen molar-refractivity contribution >= 4 is 22.5 Å². The fourth-order valence-corrected chi connectivity index (χ4v) is 3.10. The Balaban J connectivity index is 1.34. The van der Waals surface area contributed by atoms with Gasteiger partial charge < -0.3 is 20.4 Å². The summed E-state index contributed by atoms with van der Waals surface area (Å²) < 4.78 is 5.42. The molecule has 0 spiro atoms. The Bertz CT molecular complexity index is 793. The first kappa shape index (κ1) is 15.0. The lowest BCUT2D eigenvalue weighted by molar-refractivity contribution is 0.0853. The molecule has 24 heavy (non-hydrogen) atoms. The van der Waals surface area contributed by atoms with Crippen LogP contribution in [-0.2, 0) is 4.74 Å². The van der Waals surface area contributed by atoms with Gasteiger partial charge in [0, 0.05) is 31.8 Å². The molecule has 1 saturated heterocycles. The third-order valence-electron chi connectivity index (χ3n) is 4.46. The molecule has 4 heterocycles. The van der Waals surface area contributed by atoms with Crippen LogP contribution in [0.25, 0.3) is 11.0 Å². The normalized spacial score (nSPS) is 15.5. The van der Waals surface area contributed by atoms with E-state index in [1.54, 1.807) is 6.20 Å². The number of rotatable bonds is 5. The zero-order valence-electron chi connectivity index (χ0n) is 13.5. The highest BCUT2D eigenvalue weighted by atomic mass is 16.5. The van der Waals surface area contributed by atoms with Gasteiger partial charge in [-0.2, -0.15) is 0 Å². The van der Waals surface area contributed by atoms with Gasteiger partial charge in [0.2, 0.25) is 0 Å². The average molecular weight is 323 g/mol. The molecule has 1 aliphatic heterocycles. The van der Waals surface area contributed by atoms with Crippen LogP contribution in [0.4, 0.5) is 11.5 Å². The molecule has 0 aromatic carbocycles. The molecule has 0 atom stereocenters. The highest BCUT2D eigenvalue weighted by Crippen LogP contribution is 2.26. The Morgan fingerprint density at radius 1 is 1.12 bits per heavy atom. The highest BCUT2D eigenvalue weighted by molar-refractivity contribution is 5.88. The summed E-state index contributed by atoms with van der Waals surface area (Å²) in [6.45, 7) is 2.30. The molecule has 0 unspecified atom stereocenters. The lowest BCUT2D eigenvalue weighted by atomic mass is 9.93. The maximum atomic E-state index is 5.42. The van der Waals surface area contributed by atoms with Crippen molar-refractivity contribution in [2.24, 2.45) is 0 Å². The van der Waals surface area contributed by atoms with Gasteiger partial charge in [0.1, 0.15) is 11.3 Å². The summed E-state index contributed by atoms with van der Waals surface area (Å²) in [5.74, 6) is 1.45. The maximum Gasteiger partial charge on any atom is 0.127 e. The molecule has 1 aliphatic rings. The second kappa shape index (κ2) is 6.88. The van der Waals surface area contributed by atoms with Crippen LogP contribution >= 0.6 is 0 Å². The molecule has 6 heteroatoms. The van der Waals surface area contributed by atoms with Crippen molar-refractivity contribution in [3.05, 3.63) is 48.4 Å². The first-order valence-corrected chi connectivity index (χ1v) is 8.34. The topological polar surface area (TPSA) is 74.9 Å². The van der Waals surface area contributed by atoms with E-state index in [9.17, 15) is 0 Å². The van der Waals surface area contributed by atoms with E-state index in [1.807, 2.05) is 30.6 Å². The van der Waals surface area contributed by atoms with Crippen molar-refractivity contribution in [3.63, 3.8) is 0 Å². The lowest BCUT2D eigenvalue weighted by Gasteiger charge is -2.22. The van der Waals surface area contributed by atoms with Gasteiger partial charge in [0.25, 0.3) is 0 Å². The van der Waals surface area contributed by atoms with E-state index in [2.05, 4.69) is 31.7 Å². The van der Waals surface area contributed by atoms with Gasteiger partial charge in [0.15, 0.2) is 0 Å². The number of nitrogens with one attached hydrogen (secondary N) is 3. The second-order valence-electron chi connectivity index (χ2n) is 6.00. The first-order valence-electron chi connectivity index (χ1n) is 8.34. The number of nitrogens with zero attached hydrogens (tertiary/aromatic N) is 2. The number of pyridine rings is 2. The molecule has 0 amide bonds. The number of ether oxygens (including phenoxy) is 1. The molecule has 0 saturated carbocycles. The largest absolute Gasteiger partial charge is 0.381 e. The minimum atomic E-state index is 0.579. The molecule has 3 aromatic heterocycles. The Morgan fingerprint density at radius 3 is 2.88 bits per heavy atom. The van der Waals surface area contributed by atoms with Gasteiger partial charge in [-0.25, -0.2) is 4.98 Å². The van der Waals surface area contributed by atoms with E-state index in [0.717, 1.165) is 48.6 Å². The Labute approximate surface area is 140 Å². The van der Waals surface area contributed by atoms with Crippen molar-refractivity contribution in [2.75, 3.05) is 30.5 Å². The molecule has 1 fully saturated rings. The molecule has 3 N–H and O–H groups in total. The molecule has 0 aliphatic carbocycles. The monoisotopic (exact) mass is 323 g/mol. The van der Waals surface area contributed by atoms with E-state index in [1.165, 1.54) is 5.56 Å². The minimum Gasteiger partial charge on any atom is -0.381 e. The molecule has 3 aromatic rings. The molecule has 4 rings (SSSR count). The van der Waals surface area contributed by atoms with Gasteiger partial charge in [-0.05, 0) is 42.5 Å². The van der Waals surface area contributed by atoms with Crippen LogP contribution in [0.5, 0.6) is 0 Å². The Hall–Kier alpha value is -2.60. The summed E-state index contributed by atoms with van der Waals surface area (Å²) in [5, 5.41) is 6.62. The fraction of sp³-hybridized carbons (Fsp3) is 0.333. The number of fused-ring (bicyclic) bond motifs is 1. The fourth-order valence-electron chi connectivity index (χ4n) is 3.10. The van der Waals surface area contributed by atoms with E-state index in [4.69, 9.17) is 4.74 Å². The number of hydrogen-bond donors (Lipinski definition) is 3. The SMILES string of the molecule is c1cnc2c(NCNc3ccc(C4CCOCC4)cn3)c[nH]c2c1. The number of hydrogen-bond acceptors (Lipinski definition) is 5. The quantitative estimate of drug-likeness (QED) is 0.628. The first-order chi connectivity index (χ1) is 11.9. The van der Waals surface area contributed by atoms with Crippen molar-refractivity contribution in [3.8, 4) is 0 Å². The van der Waals surface area contributed by atoms with Gasteiger partial charge >= 0.3 is 0 Å². The van der Waals surface area contributed by atoms with Gasteiger partial charge in [-0.3, -0.25) is 4.98 Å². The summed E-state index contributed by atoms with van der Waals surface area (Å²) in [6, 6.07) is 8.14. The average Bonchev–Trinajstić information content (AvgIpc) is 3.06. The van der Waals surface area contributed by atoms with Gasteiger partial charge in [-0.1, -0.05) is 6.07 Å². The van der Waals surface area contributed by atoms with Crippen LogP contribution in [0, 0.1) is 0 Å². The summed E-state index contributed by atoms with van der Waals surface area (Å²) in [5.41, 5.74) is 4.26. The van der Waals surface area contributed by atoms with Crippen LogP contribution < -0.4 is 10.6 Å². The maximum absolute atomic E-state index is 5.42. The molecular weight excluding hydrogens is 302 g/mol. The van der Waals surface area contributed by atoms with Crippen molar-refractivity contribution in [1.29, 1.82) is 0 Å². The third-order valence-corrected chi connectivity index (χ3v) is 4.46. The summed E-state index contributed by atoms with van der Waals surface area (Å²) in [4.78, 5) is 12.1. The minimum absolute atomic E-state index is 0.579. The lowest BCUT2D eigenvalue weighted by Crippen LogP contribution is -2.15. The summed E-state index contributed by atoms with van der Waals surface area (Å²) in [6.07, 6.45) is 7.88. The Morgan fingerprint density at radius 2 is 2.04 bits per heavy atom. The number of H-pyrrole nitrogens is 1. The van der Waals surface area contributed by atoms with Crippen molar-refractivity contribution < 1.29 is 4.74 Å². The highest BCUT2D eigenvalue weighted by Gasteiger charge is 2.15. The van der Waals surface area contributed by atoms with Crippen molar-refractivity contribution in [2.45, 2.75) is 18.8 Å². The second-order valence-corrected chi connectivity index (χ2v) is 6.00. The third kappa shape index (κ3) is 3.19. The predicted molar refractivity (Wildman–Crippen MR) is 95.2 cm³/mol. The molecule has 0 radical (unpaired) electrons. The molecule has 0 bridgehead atoms. The van der Waals surface area contributed by atoms with E-state index in [0.29, 0.717) is 12.6 Å². The van der Waals surface area contributed by atoms with Crippen LogP contribution in [0.1, 0.15) is 24.3 Å². The molecule has 6 nitrogen and oxygen atoms in total.